The van der Waals surface area contributed by atoms with Crippen molar-refractivity contribution >= 4 is 33.3 Å². The van der Waals surface area contributed by atoms with Crippen LogP contribution in [0.15, 0.2) is 34.2 Å². The van der Waals surface area contributed by atoms with Crippen molar-refractivity contribution in [1.29, 1.82) is 0 Å². The van der Waals surface area contributed by atoms with Crippen LogP contribution in [0.1, 0.15) is 61.7 Å². The van der Waals surface area contributed by atoms with Gasteiger partial charge in [-0.2, -0.15) is 0 Å². The number of thioether (sulfide) groups is 1. The molecule has 3 aromatic heterocycles. The third-order valence-corrected chi connectivity index (χ3v) is 7.96. The van der Waals surface area contributed by atoms with E-state index in [1.54, 1.807) is 23.1 Å². The molecule has 6 nitrogen and oxygen atoms in total. The van der Waals surface area contributed by atoms with E-state index in [1.165, 1.54) is 5.56 Å². The van der Waals surface area contributed by atoms with Crippen LogP contribution < -0.4 is 5.56 Å². The Morgan fingerprint density at radius 3 is 2.47 bits per heavy atom. The van der Waals surface area contributed by atoms with Crippen LogP contribution in [-0.2, 0) is 12.0 Å². The molecule has 0 aliphatic carbocycles. The topological polar surface area (TPSA) is 76.5 Å². The van der Waals surface area contributed by atoms with Gasteiger partial charge < -0.3 is 9.55 Å². The van der Waals surface area contributed by atoms with Gasteiger partial charge in [0, 0.05) is 17.0 Å². The lowest BCUT2D eigenvalue weighted by Gasteiger charge is -2.19. The van der Waals surface area contributed by atoms with Crippen molar-refractivity contribution in [3.63, 3.8) is 0 Å². The standard InChI is InChI=1S/C24H29N5OS2/c1-8-29-20(16-9-11-17(12-10-16)24(5,6)7)27-28-23(29)32-15(4)19-25-21(30)18-13(2)14(3)31-22(18)26-19/h9-12,15H,8H2,1-7H3,(H,25,26,30). The summed E-state index contributed by atoms with van der Waals surface area (Å²) in [4.78, 5) is 22.3. The minimum absolute atomic E-state index is 0.0690. The van der Waals surface area contributed by atoms with Crippen LogP contribution in [0.25, 0.3) is 21.6 Å². The molecule has 4 aromatic rings. The zero-order valence-electron chi connectivity index (χ0n) is 19.6. The fourth-order valence-electron chi connectivity index (χ4n) is 3.67. The monoisotopic (exact) mass is 467 g/mol. The van der Waals surface area contributed by atoms with E-state index in [0.29, 0.717) is 11.2 Å². The maximum atomic E-state index is 12.7. The molecule has 0 fully saturated rings. The van der Waals surface area contributed by atoms with Crippen molar-refractivity contribution in [2.24, 2.45) is 0 Å². The van der Waals surface area contributed by atoms with Gasteiger partial charge in [-0.1, -0.05) is 56.8 Å². The van der Waals surface area contributed by atoms with Crippen molar-refractivity contribution in [3.8, 4) is 11.4 Å². The number of thiophene rings is 1. The summed E-state index contributed by atoms with van der Waals surface area (Å²) in [5, 5.41) is 10.4. The Kier molecular flexibility index (Phi) is 6.02. The highest BCUT2D eigenvalue weighted by Gasteiger charge is 2.21. The average molecular weight is 468 g/mol. The summed E-state index contributed by atoms with van der Waals surface area (Å²) in [5.74, 6) is 1.51. The van der Waals surface area contributed by atoms with Gasteiger partial charge in [0.25, 0.3) is 5.56 Å². The Balaban J connectivity index is 1.63. The molecule has 0 aliphatic rings. The molecular weight excluding hydrogens is 438 g/mol. The number of aromatic amines is 1. The first kappa shape index (κ1) is 22.7. The number of nitrogens with one attached hydrogen (secondary N) is 1. The van der Waals surface area contributed by atoms with Crippen molar-refractivity contribution in [2.75, 3.05) is 0 Å². The Morgan fingerprint density at radius 2 is 1.84 bits per heavy atom. The lowest BCUT2D eigenvalue weighted by Crippen LogP contribution is -2.13. The number of fused-ring (bicyclic) bond motifs is 1. The number of nitrogens with zero attached hydrogens (tertiary/aromatic N) is 4. The minimum atomic E-state index is -0.0733. The highest BCUT2D eigenvalue weighted by molar-refractivity contribution is 7.99. The molecule has 0 radical (unpaired) electrons. The number of rotatable bonds is 5. The molecule has 1 atom stereocenters. The smallest absolute Gasteiger partial charge is 0.259 e. The predicted molar refractivity (Wildman–Crippen MR) is 134 cm³/mol. The average Bonchev–Trinajstić information content (AvgIpc) is 3.27. The molecule has 8 heteroatoms. The fourth-order valence-corrected chi connectivity index (χ4v) is 5.68. The summed E-state index contributed by atoms with van der Waals surface area (Å²) in [6.07, 6.45) is 0. The Labute approximate surface area is 196 Å². The van der Waals surface area contributed by atoms with Crippen molar-refractivity contribution in [1.82, 2.24) is 24.7 Å². The molecule has 32 heavy (non-hydrogen) atoms. The van der Waals surface area contributed by atoms with Gasteiger partial charge in [0.15, 0.2) is 11.0 Å². The van der Waals surface area contributed by atoms with Gasteiger partial charge in [0.05, 0.1) is 10.6 Å². The molecule has 3 heterocycles. The van der Waals surface area contributed by atoms with Gasteiger partial charge in [-0.05, 0) is 44.2 Å². The van der Waals surface area contributed by atoms with E-state index in [0.717, 1.165) is 38.4 Å². The number of hydrogen-bond donors (Lipinski definition) is 1. The van der Waals surface area contributed by atoms with Gasteiger partial charge in [0.2, 0.25) is 0 Å². The maximum absolute atomic E-state index is 12.7. The van der Waals surface area contributed by atoms with E-state index in [9.17, 15) is 4.79 Å². The van der Waals surface area contributed by atoms with Crippen LogP contribution in [0.3, 0.4) is 0 Å². The molecule has 168 valence electrons. The summed E-state index contributed by atoms with van der Waals surface area (Å²) in [6.45, 7) is 15.5. The van der Waals surface area contributed by atoms with Crippen molar-refractivity contribution in [2.45, 2.75) is 70.8 Å². The van der Waals surface area contributed by atoms with Gasteiger partial charge in [-0.25, -0.2) is 4.98 Å². The van der Waals surface area contributed by atoms with E-state index >= 15 is 0 Å². The summed E-state index contributed by atoms with van der Waals surface area (Å²) >= 11 is 3.13. The van der Waals surface area contributed by atoms with Crippen molar-refractivity contribution in [3.05, 3.63) is 56.4 Å². The van der Waals surface area contributed by atoms with E-state index in [2.05, 4.69) is 71.7 Å². The normalized spacial score (nSPS) is 13.1. The molecular formula is C24H29N5OS2. The van der Waals surface area contributed by atoms with Gasteiger partial charge in [0.1, 0.15) is 10.7 Å². The molecule has 0 saturated carbocycles. The number of H-pyrrole nitrogens is 1. The summed E-state index contributed by atoms with van der Waals surface area (Å²) in [5.41, 5.74) is 3.38. The predicted octanol–water partition coefficient (Wildman–Crippen LogP) is 6.03. The summed E-state index contributed by atoms with van der Waals surface area (Å²) < 4.78 is 2.11. The van der Waals surface area contributed by atoms with Crippen LogP contribution in [-0.4, -0.2) is 24.7 Å². The Hall–Kier alpha value is -2.45. The van der Waals surface area contributed by atoms with Gasteiger partial charge in [-0.15, -0.1) is 21.5 Å². The number of hydrogen-bond acceptors (Lipinski definition) is 6. The zero-order valence-corrected chi connectivity index (χ0v) is 21.2. The highest BCUT2D eigenvalue weighted by atomic mass is 32.2. The lowest BCUT2D eigenvalue weighted by atomic mass is 9.87. The summed E-state index contributed by atoms with van der Waals surface area (Å²) in [7, 11) is 0. The Bertz CT molecular complexity index is 1330. The van der Waals surface area contributed by atoms with Crippen LogP contribution in [0, 0.1) is 13.8 Å². The molecule has 0 aliphatic heterocycles. The molecule has 1 aromatic carbocycles. The molecule has 1 N–H and O–H groups in total. The molecule has 0 amide bonds. The van der Waals surface area contributed by atoms with Crippen LogP contribution in [0.4, 0.5) is 0 Å². The minimum Gasteiger partial charge on any atom is -0.309 e. The second-order valence-electron chi connectivity index (χ2n) is 9.05. The Morgan fingerprint density at radius 1 is 1.16 bits per heavy atom. The second-order valence-corrected chi connectivity index (χ2v) is 11.6. The first-order valence-corrected chi connectivity index (χ1v) is 12.5. The third kappa shape index (κ3) is 4.13. The van der Waals surface area contributed by atoms with E-state index in [-0.39, 0.29) is 16.2 Å². The highest BCUT2D eigenvalue weighted by Crippen LogP contribution is 2.35. The largest absolute Gasteiger partial charge is 0.309 e. The van der Waals surface area contributed by atoms with Crippen LogP contribution in [0.5, 0.6) is 0 Å². The van der Waals surface area contributed by atoms with Gasteiger partial charge >= 0.3 is 0 Å². The van der Waals surface area contributed by atoms with Gasteiger partial charge in [-0.3, -0.25) is 4.79 Å². The number of benzene rings is 1. The molecule has 4 rings (SSSR count). The second kappa shape index (κ2) is 8.48. The molecule has 0 bridgehead atoms. The molecule has 1 unspecified atom stereocenters. The van der Waals surface area contributed by atoms with E-state index < -0.39 is 0 Å². The lowest BCUT2D eigenvalue weighted by molar-refractivity contribution is 0.590. The maximum Gasteiger partial charge on any atom is 0.259 e. The zero-order chi connectivity index (χ0) is 23.2. The van der Waals surface area contributed by atoms with Crippen LogP contribution in [0.2, 0.25) is 0 Å². The quantitative estimate of drug-likeness (QED) is 0.363. The fraction of sp³-hybridized carbons (Fsp3) is 0.417. The number of aryl methyl sites for hydroxylation is 2. The molecule has 0 spiro atoms. The van der Waals surface area contributed by atoms with E-state index in [4.69, 9.17) is 4.98 Å². The third-order valence-electron chi connectivity index (χ3n) is 5.77. The first-order chi connectivity index (χ1) is 15.1. The van der Waals surface area contributed by atoms with Crippen LogP contribution >= 0.6 is 23.1 Å². The number of aromatic nitrogens is 5. The van der Waals surface area contributed by atoms with Crippen molar-refractivity contribution < 1.29 is 0 Å². The van der Waals surface area contributed by atoms with E-state index in [1.807, 2.05) is 20.8 Å². The molecule has 0 saturated heterocycles. The first-order valence-electron chi connectivity index (χ1n) is 10.8. The summed E-state index contributed by atoms with van der Waals surface area (Å²) in [6, 6.07) is 8.55. The SMILES string of the molecule is CCn1c(SC(C)c2nc3sc(C)c(C)c3c(=O)[nH]2)nnc1-c1ccc(C(C)(C)C)cc1.